The summed E-state index contributed by atoms with van der Waals surface area (Å²) < 4.78 is 0. The van der Waals surface area contributed by atoms with Gasteiger partial charge in [0.05, 0.1) is 5.69 Å². The lowest BCUT2D eigenvalue weighted by Crippen LogP contribution is -2.02. The van der Waals surface area contributed by atoms with E-state index in [4.69, 9.17) is 0 Å². The first-order valence-electron chi connectivity index (χ1n) is 6.45. The fourth-order valence-corrected chi connectivity index (χ4v) is 2.11. The van der Waals surface area contributed by atoms with Crippen molar-refractivity contribution in [3.05, 3.63) is 66.2 Å². The fraction of sp³-hybridized carbons (Fsp3) is 0. The Morgan fingerprint density at radius 1 is 1.00 bits per heavy atom. The van der Waals surface area contributed by atoms with Crippen LogP contribution in [0.3, 0.4) is 0 Å². The Kier molecular flexibility index (Phi) is 3.39. The molecule has 0 saturated carbocycles. The highest BCUT2D eigenvalue weighted by Crippen LogP contribution is 2.28. The zero-order valence-corrected chi connectivity index (χ0v) is 11.1. The first-order chi connectivity index (χ1) is 10.3. The second kappa shape index (κ2) is 5.50. The molecule has 2 aromatic carbocycles. The Labute approximate surface area is 121 Å². The van der Waals surface area contributed by atoms with Crippen LogP contribution in [0.15, 0.2) is 60.7 Å². The Bertz CT molecular complexity index is 752. The maximum atomic E-state index is 11.6. The number of aromatic nitrogens is 2. The van der Waals surface area contributed by atoms with Gasteiger partial charge in [0.25, 0.3) is 0 Å². The molecule has 0 fully saturated rings. The molecule has 5 heteroatoms. The van der Waals surface area contributed by atoms with Crippen LogP contribution in [0.25, 0.3) is 11.3 Å². The minimum atomic E-state index is -1.03. The maximum Gasteiger partial charge on any atom is 0.341 e. The molecule has 0 aliphatic heterocycles. The number of nitrogens with zero attached hydrogens (tertiary/aromatic N) is 1. The van der Waals surface area contributed by atoms with E-state index in [2.05, 4.69) is 15.5 Å². The van der Waals surface area contributed by atoms with Gasteiger partial charge in [0.1, 0.15) is 5.56 Å². The standard InChI is InChI=1S/C16H13N3O2/c20-16(21)13-14(11-7-3-1-4-8-11)18-19-15(13)17-12-9-5-2-6-10-12/h1-10H,(H,20,21)(H2,17,18,19). The molecule has 0 aliphatic carbocycles. The highest BCUT2D eigenvalue weighted by Gasteiger charge is 2.20. The smallest absolute Gasteiger partial charge is 0.341 e. The van der Waals surface area contributed by atoms with Gasteiger partial charge in [-0.1, -0.05) is 48.5 Å². The van der Waals surface area contributed by atoms with E-state index in [-0.39, 0.29) is 5.56 Å². The molecule has 1 aromatic heterocycles. The molecule has 1 heterocycles. The first kappa shape index (κ1) is 12.9. The van der Waals surface area contributed by atoms with Gasteiger partial charge in [0.2, 0.25) is 0 Å². The van der Waals surface area contributed by atoms with E-state index in [0.717, 1.165) is 11.3 Å². The molecule has 3 N–H and O–H groups in total. The van der Waals surface area contributed by atoms with Crippen molar-refractivity contribution in [1.82, 2.24) is 10.2 Å². The van der Waals surface area contributed by atoms with Gasteiger partial charge in [-0.15, -0.1) is 0 Å². The third-order valence-electron chi connectivity index (χ3n) is 3.08. The van der Waals surface area contributed by atoms with Crippen molar-refractivity contribution in [3.8, 4) is 11.3 Å². The van der Waals surface area contributed by atoms with Crippen molar-refractivity contribution in [1.29, 1.82) is 0 Å². The third-order valence-corrected chi connectivity index (χ3v) is 3.08. The average Bonchev–Trinajstić information content (AvgIpc) is 2.93. The van der Waals surface area contributed by atoms with Gasteiger partial charge >= 0.3 is 5.97 Å². The summed E-state index contributed by atoms with van der Waals surface area (Å²) in [7, 11) is 0. The molecule has 0 saturated heterocycles. The van der Waals surface area contributed by atoms with Crippen molar-refractivity contribution in [3.63, 3.8) is 0 Å². The molecule has 5 nitrogen and oxygen atoms in total. The summed E-state index contributed by atoms with van der Waals surface area (Å²) >= 11 is 0. The Hall–Kier alpha value is -3.08. The van der Waals surface area contributed by atoms with Crippen LogP contribution >= 0.6 is 0 Å². The largest absolute Gasteiger partial charge is 0.477 e. The lowest BCUT2D eigenvalue weighted by Gasteiger charge is -2.04. The first-order valence-corrected chi connectivity index (χ1v) is 6.45. The molecule has 104 valence electrons. The van der Waals surface area contributed by atoms with Crippen LogP contribution < -0.4 is 5.32 Å². The number of anilines is 2. The van der Waals surface area contributed by atoms with Crippen LogP contribution in [0.2, 0.25) is 0 Å². The van der Waals surface area contributed by atoms with Crippen molar-refractivity contribution < 1.29 is 9.90 Å². The molecule has 0 radical (unpaired) electrons. The van der Waals surface area contributed by atoms with Gasteiger partial charge in [0.15, 0.2) is 5.82 Å². The van der Waals surface area contributed by atoms with Crippen LogP contribution in [0.1, 0.15) is 10.4 Å². The molecule has 3 aromatic rings. The zero-order valence-electron chi connectivity index (χ0n) is 11.1. The predicted octanol–water partition coefficient (Wildman–Crippen LogP) is 3.52. The van der Waals surface area contributed by atoms with E-state index in [0.29, 0.717) is 11.5 Å². The zero-order chi connectivity index (χ0) is 14.7. The second-order valence-corrected chi connectivity index (χ2v) is 4.48. The summed E-state index contributed by atoms with van der Waals surface area (Å²) in [6.07, 6.45) is 0. The molecule has 0 amide bonds. The number of carboxylic acid groups (broad SMARTS) is 1. The van der Waals surface area contributed by atoms with E-state index in [1.54, 1.807) is 0 Å². The second-order valence-electron chi connectivity index (χ2n) is 4.48. The number of carbonyl (C=O) groups is 1. The third kappa shape index (κ3) is 2.62. The summed E-state index contributed by atoms with van der Waals surface area (Å²) in [5.41, 5.74) is 2.18. The summed E-state index contributed by atoms with van der Waals surface area (Å²) in [5, 5.41) is 19.4. The molecule has 0 bridgehead atoms. The summed E-state index contributed by atoms with van der Waals surface area (Å²) in [5.74, 6) is -0.728. The Morgan fingerprint density at radius 3 is 2.24 bits per heavy atom. The minimum Gasteiger partial charge on any atom is -0.477 e. The Balaban J connectivity index is 2.03. The minimum absolute atomic E-state index is 0.130. The normalized spacial score (nSPS) is 10.3. The van der Waals surface area contributed by atoms with Crippen LogP contribution in [-0.2, 0) is 0 Å². The lowest BCUT2D eigenvalue weighted by atomic mass is 10.1. The quantitative estimate of drug-likeness (QED) is 0.682. The van der Waals surface area contributed by atoms with Crippen LogP contribution in [0.4, 0.5) is 11.5 Å². The van der Waals surface area contributed by atoms with Gasteiger partial charge < -0.3 is 10.4 Å². The fourth-order valence-electron chi connectivity index (χ4n) is 2.11. The number of aromatic carboxylic acids is 1. The highest BCUT2D eigenvalue weighted by atomic mass is 16.4. The number of benzene rings is 2. The van der Waals surface area contributed by atoms with E-state index in [1.807, 2.05) is 60.7 Å². The number of hydrogen-bond donors (Lipinski definition) is 3. The lowest BCUT2D eigenvalue weighted by molar-refractivity contribution is 0.0699. The molecular formula is C16H13N3O2. The topological polar surface area (TPSA) is 78.0 Å². The molecule has 0 spiro atoms. The predicted molar refractivity (Wildman–Crippen MR) is 80.7 cm³/mol. The monoisotopic (exact) mass is 279 g/mol. The van der Waals surface area contributed by atoms with E-state index < -0.39 is 5.97 Å². The summed E-state index contributed by atoms with van der Waals surface area (Å²) in [6, 6.07) is 18.6. The molecule has 0 unspecified atom stereocenters. The Morgan fingerprint density at radius 2 is 1.62 bits per heavy atom. The van der Waals surface area contributed by atoms with Gasteiger partial charge in [-0.3, -0.25) is 5.10 Å². The summed E-state index contributed by atoms with van der Waals surface area (Å²) in [6.45, 7) is 0. The number of para-hydroxylation sites is 1. The van der Waals surface area contributed by atoms with Crippen molar-refractivity contribution in [2.45, 2.75) is 0 Å². The number of carboxylic acids is 1. The molecule has 0 atom stereocenters. The number of nitrogens with one attached hydrogen (secondary N) is 2. The highest BCUT2D eigenvalue weighted by molar-refractivity contribution is 6.00. The van der Waals surface area contributed by atoms with E-state index in [9.17, 15) is 9.90 Å². The number of rotatable bonds is 4. The SMILES string of the molecule is O=C(O)c1c(Nc2ccccc2)n[nH]c1-c1ccccc1. The van der Waals surface area contributed by atoms with Gasteiger partial charge in [-0.05, 0) is 12.1 Å². The van der Waals surface area contributed by atoms with E-state index in [1.165, 1.54) is 0 Å². The van der Waals surface area contributed by atoms with Crippen molar-refractivity contribution in [2.24, 2.45) is 0 Å². The van der Waals surface area contributed by atoms with Crippen LogP contribution in [-0.4, -0.2) is 21.3 Å². The molecular weight excluding hydrogens is 266 g/mol. The molecule has 3 rings (SSSR count). The van der Waals surface area contributed by atoms with Gasteiger partial charge in [-0.2, -0.15) is 5.10 Å². The van der Waals surface area contributed by atoms with Crippen molar-refractivity contribution in [2.75, 3.05) is 5.32 Å². The number of H-pyrrole nitrogens is 1. The number of hydrogen-bond acceptors (Lipinski definition) is 3. The van der Waals surface area contributed by atoms with Gasteiger partial charge in [0, 0.05) is 11.3 Å². The van der Waals surface area contributed by atoms with E-state index >= 15 is 0 Å². The van der Waals surface area contributed by atoms with Crippen LogP contribution in [0, 0.1) is 0 Å². The number of aromatic amines is 1. The molecule has 21 heavy (non-hydrogen) atoms. The maximum absolute atomic E-state index is 11.6. The summed E-state index contributed by atoms with van der Waals surface area (Å²) in [4.78, 5) is 11.6. The van der Waals surface area contributed by atoms with Crippen LogP contribution in [0.5, 0.6) is 0 Å². The van der Waals surface area contributed by atoms with Crippen molar-refractivity contribution >= 4 is 17.5 Å². The van der Waals surface area contributed by atoms with Gasteiger partial charge in [-0.25, -0.2) is 4.79 Å². The average molecular weight is 279 g/mol. The molecule has 0 aliphatic rings.